The Bertz CT molecular complexity index is 884. The number of nitrogens with zero attached hydrogens (tertiary/aromatic N) is 3. The highest BCUT2D eigenvalue weighted by Crippen LogP contribution is 2.16. The van der Waals surface area contributed by atoms with Crippen molar-refractivity contribution in [2.75, 3.05) is 7.11 Å². The van der Waals surface area contributed by atoms with Gasteiger partial charge in [-0.15, -0.1) is 11.3 Å². The zero-order chi connectivity index (χ0) is 15.0. The molecule has 7 heteroatoms. The van der Waals surface area contributed by atoms with Crippen LogP contribution in [0.15, 0.2) is 34.7 Å². The van der Waals surface area contributed by atoms with Crippen LogP contribution < -0.4 is 5.56 Å². The molecule has 3 aromatic heterocycles. The number of esters is 1. The number of aryl methyl sites for hydroxylation is 1. The molecule has 106 valence electrons. The molecule has 21 heavy (non-hydrogen) atoms. The molecule has 0 fully saturated rings. The highest BCUT2D eigenvalue weighted by atomic mass is 32.1. The molecule has 0 N–H and O–H groups in total. The normalized spacial score (nSPS) is 10.8. The molecule has 6 nitrogen and oxygen atoms in total. The summed E-state index contributed by atoms with van der Waals surface area (Å²) in [5.74, 6) is -0.508. The predicted octanol–water partition coefficient (Wildman–Crippen LogP) is 1.94. The number of carbonyl (C=O) groups is 1. The number of aromatic nitrogens is 3. The molecule has 3 aromatic rings. The van der Waals surface area contributed by atoms with Gasteiger partial charge < -0.3 is 4.74 Å². The first-order valence-electron chi connectivity index (χ1n) is 6.13. The Kier molecular flexibility index (Phi) is 3.26. The van der Waals surface area contributed by atoms with Crippen LogP contribution in [0.4, 0.5) is 0 Å². The second kappa shape index (κ2) is 5.10. The van der Waals surface area contributed by atoms with Crippen molar-refractivity contribution in [1.29, 1.82) is 0 Å². The molecule has 0 atom stereocenters. The largest absolute Gasteiger partial charge is 0.465 e. The zero-order valence-electron chi connectivity index (χ0n) is 11.4. The maximum atomic E-state index is 12.5. The van der Waals surface area contributed by atoms with Crippen molar-refractivity contribution in [3.05, 3.63) is 51.5 Å². The minimum atomic E-state index is -0.508. The standard InChI is InChI=1S/C14H11N3O3S/c1-8-9(13(19)20-2)7-10-11(16-8)3-5-17(12(10)18)14-15-4-6-21-14/h3-7H,1-2H3. The Labute approximate surface area is 123 Å². The first-order valence-corrected chi connectivity index (χ1v) is 7.01. The van der Waals surface area contributed by atoms with Crippen LogP contribution in [0.5, 0.6) is 0 Å². The van der Waals surface area contributed by atoms with Gasteiger partial charge in [-0.1, -0.05) is 0 Å². The number of hydrogen-bond acceptors (Lipinski definition) is 6. The van der Waals surface area contributed by atoms with E-state index < -0.39 is 5.97 Å². The third-order valence-electron chi connectivity index (χ3n) is 3.10. The van der Waals surface area contributed by atoms with E-state index in [0.29, 0.717) is 27.3 Å². The van der Waals surface area contributed by atoms with Gasteiger partial charge in [0.25, 0.3) is 5.56 Å². The summed E-state index contributed by atoms with van der Waals surface area (Å²) in [6.07, 6.45) is 3.26. The van der Waals surface area contributed by atoms with Gasteiger partial charge in [0.15, 0.2) is 5.13 Å². The van der Waals surface area contributed by atoms with Gasteiger partial charge in [-0.05, 0) is 19.1 Å². The van der Waals surface area contributed by atoms with Crippen molar-refractivity contribution in [3.63, 3.8) is 0 Å². The highest BCUT2D eigenvalue weighted by molar-refractivity contribution is 7.12. The third-order valence-corrected chi connectivity index (χ3v) is 3.87. The van der Waals surface area contributed by atoms with E-state index in [1.54, 1.807) is 30.8 Å². The molecule has 0 saturated heterocycles. The van der Waals surface area contributed by atoms with Gasteiger partial charge in [0.1, 0.15) is 0 Å². The van der Waals surface area contributed by atoms with E-state index in [9.17, 15) is 9.59 Å². The number of hydrogen-bond donors (Lipinski definition) is 0. The summed E-state index contributed by atoms with van der Waals surface area (Å²) in [5.41, 5.74) is 1.10. The van der Waals surface area contributed by atoms with Gasteiger partial charge >= 0.3 is 5.97 Å². The number of fused-ring (bicyclic) bond motifs is 1. The van der Waals surface area contributed by atoms with E-state index in [-0.39, 0.29) is 5.56 Å². The second-order valence-corrected chi connectivity index (χ2v) is 5.22. The summed E-state index contributed by atoms with van der Waals surface area (Å²) in [6, 6.07) is 3.25. The number of rotatable bonds is 2. The molecule has 0 aromatic carbocycles. The lowest BCUT2D eigenvalue weighted by Gasteiger charge is -2.07. The maximum Gasteiger partial charge on any atom is 0.339 e. The summed E-state index contributed by atoms with van der Waals surface area (Å²) in [5, 5.41) is 2.72. The molecule has 0 aliphatic rings. The van der Waals surface area contributed by atoms with Crippen LogP contribution >= 0.6 is 11.3 Å². The quantitative estimate of drug-likeness (QED) is 0.676. The lowest BCUT2D eigenvalue weighted by atomic mass is 10.1. The minimum absolute atomic E-state index is 0.264. The molecule has 0 aliphatic carbocycles. The maximum absolute atomic E-state index is 12.5. The zero-order valence-corrected chi connectivity index (χ0v) is 12.2. The Hall–Kier alpha value is -2.54. The van der Waals surface area contributed by atoms with E-state index >= 15 is 0 Å². The smallest absolute Gasteiger partial charge is 0.339 e. The van der Waals surface area contributed by atoms with E-state index in [1.807, 2.05) is 0 Å². The fourth-order valence-electron chi connectivity index (χ4n) is 2.07. The Balaban J connectivity index is 2.30. The SMILES string of the molecule is COC(=O)c1cc2c(=O)n(-c3nccs3)ccc2nc1C. The molecular weight excluding hydrogens is 290 g/mol. The Morgan fingerprint density at radius 2 is 2.24 bits per heavy atom. The van der Waals surface area contributed by atoms with Crippen molar-refractivity contribution < 1.29 is 9.53 Å². The fourth-order valence-corrected chi connectivity index (χ4v) is 2.69. The number of carbonyl (C=O) groups excluding carboxylic acids is 1. The average molecular weight is 301 g/mol. The molecule has 3 heterocycles. The van der Waals surface area contributed by atoms with Crippen LogP contribution in [0, 0.1) is 6.92 Å². The van der Waals surface area contributed by atoms with Crippen molar-refractivity contribution in [3.8, 4) is 5.13 Å². The van der Waals surface area contributed by atoms with Crippen LogP contribution in [0.25, 0.3) is 16.0 Å². The van der Waals surface area contributed by atoms with Crippen LogP contribution in [0.1, 0.15) is 16.1 Å². The molecule has 0 spiro atoms. The summed E-state index contributed by atoms with van der Waals surface area (Å²) in [7, 11) is 1.30. The van der Waals surface area contributed by atoms with Gasteiger partial charge in [-0.3, -0.25) is 14.3 Å². The van der Waals surface area contributed by atoms with Crippen LogP contribution in [-0.4, -0.2) is 27.6 Å². The Morgan fingerprint density at radius 3 is 2.90 bits per heavy atom. The highest BCUT2D eigenvalue weighted by Gasteiger charge is 2.15. The fraction of sp³-hybridized carbons (Fsp3) is 0.143. The third kappa shape index (κ3) is 2.21. The molecule has 0 bridgehead atoms. The number of methoxy groups -OCH3 is 1. The molecule has 0 saturated carbocycles. The van der Waals surface area contributed by atoms with Crippen molar-refractivity contribution in [1.82, 2.24) is 14.5 Å². The van der Waals surface area contributed by atoms with E-state index in [4.69, 9.17) is 4.74 Å². The van der Waals surface area contributed by atoms with Crippen molar-refractivity contribution in [2.45, 2.75) is 6.92 Å². The monoisotopic (exact) mass is 301 g/mol. The van der Waals surface area contributed by atoms with Crippen LogP contribution in [0.2, 0.25) is 0 Å². The summed E-state index contributed by atoms with van der Waals surface area (Å²) in [4.78, 5) is 32.7. The minimum Gasteiger partial charge on any atom is -0.465 e. The summed E-state index contributed by atoms with van der Waals surface area (Å²) in [6.45, 7) is 1.71. The van der Waals surface area contributed by atoms with Gasteiger partial charge in [-0.25, -0.2) is 9.78 Å². The van der Waals surface area contributed by atoms with E-state index in [2.05, 4.69) is 9.97 Å². The molecule has 0 amide bonds. The molecule has 3 rings (SSSR count). The lowest BCUT2D eigenvalue weighted by molar-refractivity contribution is 0.0599. The topological polar surface area (TPSA) is 74.1 Å². The van der Waals surface area contributed by atoms with Gasteiger partial charge in [0.05, 0.1) is 29.3 Å². The van der Waals surface area contributed by atoms with Crippen LogP contribution in [-0.2, 0) is 4.74 Å². The van der Waals surface area contributed by atoms with Crippen LogP contribution in [0.3, 0.4) is 0 Å². The molecule has 0 aliphatic heterocycles. The van der Waals surface area contributed by atoms with Gasteiger partial charge in [0.2, 0.25) is 0 Å². The van der Waals surface area contributed by atoms with Gasteiger partial charge in [-0.2, -0.15) is 0 Å². The average Bonchev–Trinajstić information content (AvgIpc) is 3.00. The van der Waals surface area contributed by atoms with E-state index in [1.165, 1.54) is 29.1 Å². The number of ether oxygens (including phenoxy) is 1. The second-order valence-electron chi connectivity index (χ2n) is 4.35. The summed E-state index contributed by atoms with van der Waals surface area (Å²) < 4.78 is 6.15. The van der Waals surface area contributed by atoms with E-state index in [0.717, 1.165) is 0 Å². The lowest BCUT2D eigenvalue weighted by Crippen LogP contribution is -2.19. The van der Waals surface area contributed by atoms with Crippen molar-refractivity contribution in [2.24, 2.45) is 0 Å². The number of pyridine rings is 2. The Morgan fingerprint density at radius 1 is 1.43 bits per heavy atom. The van der Waals surface area contributed by atoms with Gasteiger partial charge in [0, 0.05) is 17.8 Å². The molecule has 0 unspecified atom stereocenters. The summed E-state index contributed by atoms with van der Waals surface area (Å²) >= 11 is 1.36. The van der Waals surface area contributed by atoms with Crippen molar-refractivity contribution >= 4 is 28.2 Å². The first-order chi connectivity index (χ1) is 10.1. The number of thiazole rings is 1. The molecular formula is C14H11N3O3S. The predicted molar refractivity (Wildman–Crippen MR) is 79.1 cm³/mol. The first kappa shape index (κ1) is 13.4. The molecule has 0 radical (unpaired) electrons.